The molecular formula is C24H26N2O4. The van der Waals surface area contributed by atoms with Crippen molar-refractivity contribution in [3.8, 4) is 11.5 Å². The molecule has 6 heteroatoms. The van der Waals surface area contributed by atoms with E-state index in [2.05, 4.69) is 0 Å². The van der Waals surface area contributed by atoms with Crippen molar-refractivity contribution < 1.29 is 14.3 Å². The highest BCUT2D eigenvalue weighted by molar-refractivity contribution is 6.05. The van der Waals surface area contributed by atoms with Crippen LogP contribution >= 0.6 is 0 Å². The Morgan fingerprint density at radius 3 is 2.30 bits per heavy atom. The van der Waals surface area contributed by atoms with E-state index in [0.29, 0.717) is 30.2 Å². The van der Waals surface area contributed by atoms with Crippen molar-refractivity contribution in [1.29, 1.82) is 0 Å². The van der Waals surface area contributed by atoms with Crippen LogP contribution in [0.5, 0.6) is 11.5 Å². The van der Waals surface area contributed by atoms with E-state index in [1.165, 1.54) is 10.6 Å². The Morgan fingerprint density at radius 1 is 1.00 bits per heavy atom. The van der Waals surface area contributed by atoms with Crippen molar-refractivity contribution in [2.45, 2.75) is 20.4 Å². The lowest BCUT2D eigenvalue weighted by molar-refractivity contribution is 0.0987. The molecule has 0 aliphatic carbocycles. The Labute approximate surface area is 176 Å². The number of methoxy groups -OCH3 is 2. The molecule has 0 aliphatic rings. The van der Waals surface area contributed by atoms with Gasteiger partial charge in [-0.1, -0.05) is 12.1 Å². The fourth-order valence-corrected chi connectivity index (χ4v) is 3.33. The van der Waals surface area contributed by atoms with Gasteiger partial charge in [0.1, 0.15) is 11.5 Å². The normalized spacial score (nSPS) is 10.5. The smallest absolute Gasteiger partial charge is 0.259 e. The monoisotopic (exact) mass is 406 g/mol. The van der Waals surface area contributed by atoms with Gasteiger partial charge in [-0.3, -0.25) is 9.59 Å². The molecule has 0 N–H and O–H groups in total. The second kappa shape index (κ2) is 9.31. The summed E-state index contributed by atoms with van der Waals surface area (Å²) < 4.78 is 12.1. The highest BCUT2D eigenvalue weighted by Crippen LogP contribution is 2.23. The molecule has 1 heterocycles. The Balaban J connectivity index is 1.93. The van der Waals surface area contributed by atoms with Crippen molar-refractivity contribution in [2.24, 2.45) is 0 Å². The van der Waals surface area contributed by atoms with E-state index >= 15 is 0 Å². The lowest BCUT2D eigenvalue weighted by Gasteiger charge is -2.22. The number of aromatic nitrogens is 1. The van der Waals surface area contributed by atoms with Crippen LogP contribution in [-0.2, 0) is 6.54 Å². The number of amides is 1. The van der Waals surface area contributed by atoms with Crippen molar-refractivity contribution in [3.63, 3.8) is 0 Å². The number of rotatable bonds is 7. The highest BCUT2D eigenvalue weighted by Gasteiger charge is 2.17. The van der Waals surface area contributed by atoms with Gasteiger partial charge in [-0.15, -0.1) is 0 Å². The second-order valence-electron chi connectivity index (χ2n) is 6.99. The molecule has 0 spiro atoms. The summed E-state index contributed by atoms with van der Waals surface area (Å²) in [5.41, 5.74) is 3.01. The number of nitrogens with zero attached hydrogens (tertiary/aromatic N) is 2. The molecule has 0 bridgehead atoms. The molecule has 1 amide bonds. The van der Waals surface area contributed by atoms with Crippen LogP contribution in [0.1, 0.15) is 28.4 Å². The van der Waals surface area contributed by atoms with Crippen LogP contribution in [0.3, 0.4) is 0 Å². The van der Waals surface area contributed by atoms with E-state index < -0.39 is 0 Å². The topological polar surface area (TPSA) is 60.8 Å². The summed E-state index contributed by atoms with van der Waals surface area (Å²) in [6, 6.07) is 16.3. The Hall–Kier alpha value is -3.54. The molecule has 3 aromatic rings. The van der Waals surface area contributed by atoms with Crippen LogP contribution in [0.2, 0.25) is 0 Å². The van der Waals surface area contributed by atoms with E-state index in [9.17, 15) is 9.59 Å². The number of aryl methyl sites for hydroxylation is 1. The van der Waals surface area contributed by atoms with Crippen LogP contribution in [-0.4, -0.2) is 31.2 Å². The molecule has 0 radical (unpaired) electrons. The molecule has 2 aromatic carbocycles. The maximum Gasteiger partial charge on any atom is 0.259 e. The zero-order valence-corrected chi connectivity index (χ0v) is 17.7. The minimum Gasteiger partial charge on any atom is -0.497 e. The van der Waals surface area contributed by atoms with E-state index in [1.54, 1.807) is 37.4 Å². The lowest BCUT2D eigenvalue weighted by atomic mass is 10.1. The molecule has 0 saturated heterocycles. The van der Waals surface area contributed by atoms with Crippen molar-refractivity contribution in [1.82, 2.24) is 4.57 Å². The predicted molar refractivity (Wildman–Crippen MR) is 118 cm³/mol. The van der Waals surface area contributed by atoms with Gasteiger partial charge in [-0.25, -0.2) is 0 Å². The first-order valence-corrected chi connectivity index (χ1v) is 9.76. The third-order valence-electron chi connectivity index (χ3n) is 4.87. The summed E-state index contributed by atoms with van der Waals surface area (Å²) in [7, 11) is 3.16. The third kappa shape index (κ3) is 4.71. The molecule has 156 valence electrons. The number of hydrogen-bond donors (Lipinski definition) is 0. The molecular weight excluding hydrogens is 380 g/mol. The number of anilines is 1. The largest absolute Gasteiger partial charge is 0.497 e. The zero-order valence-electron chi connectivity index (χ0n) is 17.7. The third-order valence-corrected chi connectivity index (χ3v) is 4.87. The fraction of sp³-hybridized carbons (Fsp3) is 0.250. The molecule has 0 saturated carbocycles. The average molecular weight is 406 g/mol. The van der Waals surface area contributed by atoms with E-state index in [0.717, 1.165) is 16.8 Å². The predicted octanol–water partition coefficient (Wildman–Crippen LogP) is 3.89. The fourth-order valence-electron chi connectivity index (χ4n) is 3.33. The number of ether oxygens (including phenoxy) is 2. The number of hydrogen-bond acceptors (Lipinski definition) is 4. The quantitative estimate of drug-likeness (QED) is 0.597. The molecule has 0 unspecified atom stereocenters. The van der Waals surface area contributed by atoms with Crippen LogP contribution < -0.4 is 19.9 Å². The maximum atomic E-state index is 13.2. The molecule has 0 atom stereocenters. The molecule has 0 aliphatic heterocycles. The minimum atomic E-state index is -0.188. The SMILES string of the molecule is CCN(C(=O)c1ccc(=O)n(Cc2cc(OC)cc(OC)c2)c1)c1cccc(C)c1. The summed E-state index contributed by atoms with van der Waals surface area (Å²) in [6.07, 6.45) is 1.61. The standard InChI is InChI=1S/C24H26N2O4/c1-5-26(20-8-6-7-17(2)11-20)24(28)19-9-10-23(27)25(16-19)15-18-12-21(29-3)14-22(13-18)30-4/h6-14,16H,5,15H2,1-4H3. The average Bonchev–Trinajstić information content (AvgIpc) is 2.75. The maximum absolute atomic E-state index is 13.2. The van der Waals surface area contributed by atoms with Crippen LogP contribution in [0, 0.1) is 6.92 Å². The van der Waals surface area contributed by atoms with Crippen LogP contribution in [0.25, 0.3) is 0 Å². The summed E-state index contributed by atoms with van der Waals surface area (Å²) in [4.78, 5) is 27.3. The van der Waals surface area contributed by atoms with Crippen molar-refractivity contribution in [3.05, 3.63) is 87.8 Å². The van der Waals surface area contributed by atoms with Crippen LogP contribution in [0.4, 0.5) is 5.69 Å². The summed E-state index contributed by atoms with van der Waals surface area (Å²) in [5, 5.41) is 0. The minimum absolute atomic E-state index is 0.153. The van der Waals surface area contributed by atoms with Gasteiger partial charge in [0, 0.05) is 30.6 Å². The first-order valence-electron chi connectivity index (χ1n) is 9.76. The van der Waals surface area contributed by atoms with Gasteiger partial charge < -0.3 is 18.9 Å². The summed E-state index contributed by atoms with van der Waals surface area (Å²) in [5.74, 6) is 1.13. The van der Waals surface area contributed by atoms with Gasteiger partial charge in [0.15, 0.2) is 0 Å². The molecule has 6 nitrogen and oxygen atoms in total. The Morgan fingerprint density at radius 2 is 1.70 bits per heavy atom. The van der Waals surface area contributed by atoms with Gasteiger partial charge in [0.2, 0.25) is 0 Å². The lowest BCUT2D eigenvalue weighted by Crippen LogP contribution is -2.32. The van der Waals surface area contributed by atoms with Crippen molar-refractivity contribution >= 4 is 11.6 Å². The number of carbonyl (C=O) groups is 1. The number of carbonyl (C=O) groups excluding carboxylic acids is 1. The Bertz CT molecular complexity index is 1080. The highest BCUT2D eigenvalue weighted by atomic mass is 16.5. The van der Waals surface area contributed by atoms with Gasteiger partial charge in [-0.2, -0.15) is 0 Å². The van der Waals surface area contributed by atoms with Gasteiger partial charge >= 0.3 is 0 Å². The van der Waals surface area contributed by atoms with Gasteiger partial charge in [0.05, 0.1) is 26.3 Å². The van der Waals surface area contributed by atoms with Gasteiger partial charge in [0.25, 0.3) is 11.5 Å². The van der Waals surface area contributed by atoms with Crippen LogP contribution in [0.15, 0.2) is 65.6 Å². The molecule has 1 aromatic heterocycles. The van der Waals surface area contributed by atoms with E-state index in [1.807, 2.05) is 50.2 Å². The second-order valence-corrected chi connectivity index (χ2v) is 6.99. The van der Waals surface area contributed by atoms with Crippen molar-refractivity contribution in [2.75, 3.05) is 25.7 Å². The first-order chi connectivity index (χ1) is 14.4. The van der Waals surface area contributed by atoms with E-state index in [4.69, 9.17) is 9.47 Å². The van der Waals surface area contributed by atoms with Gasteiger partial charge in [-0.05, 0) is 55.3 Å². The number of benzene rings is 2. The molecule has 0 fully saturated rings. The number of pyridine rings is 1. The molecule has 3 rings (SSSR count). The first kappa shape index (κ1) is 21.2. The Kier molecular flexibility index (Phi) is 6.57. The summed E-state index contributed by atoms with van der Waals surface area (Å²) >= 11 is 0. The molecule has 30 heavy (non-hydrogen) atoms. The van der Waals surface area contributed by atoms with E-state index in [-0.39, 0.29) is 11.5 Å². The summed E-state index contributed by atoms with van der Waals surface area (Å²) in [6.45, 7) is 4.74. The zero-order chi connectivity index (χ0) is 21.7.